The molecule has 4 rings (SSSR count). The van der Waals surface area contributed by atoms with E-state index in [9.17, 15) is 13.2 Å². The molecule has 1 aromatic heterocycles. The van der Waals surface area contributed by atoms with E-state index in [0.717, 1.165) is 43.2 Å². The predicted molar refractivity (Wildman–Crippen MR) is 117 cm³/mol. The second kappa shape index (κ2) is 8.39. The van der Waals surface area contributed by atoms with Gasteiger partial charge in [0.2, 0.25) is 15.9 Å². The van der Waals surface area contributed by atoms with Crippen LogP contribution in [-0.4, -0.2) is 54.9 Å². The zero-order valence-corrected chi connectivity index (χ0v) is 19.4. The molecule has 0 N–H and O–H groups in total. The molecular weight excluding hydrogens is 414 g/mol. The molecule has 168 valence electrons. The van der Waals surface area contributed by atoms with Gasteiger partial charge in [-0.1, -0.05) is 54.2 Å². The quantitative estimate of drug-likeness (QED) is 0.721. The second-order valence-corrected chi connectivity index (χ2v) is 10.7. The van der Waals surface area contributed by atoms with Gasteiger partial charge in [-0.3, -0.25) is 4.79 Å². The van der Waals surface area contributed by atoms with Crippen molar-refractivity contribution in [3.05, 3.63) is 46.8 Å². The number of carbonyl (C=O) groups is 1. The lowest BCUT2D eigenvalue weighted by molar-refractivity contribution is -0.140. The molecule has 2 aliphatic rings. The molecular formula is C23H31N3O4S. The number of piperazine rings is 1. The highest BCUT2D eigenvalue weighted by atomic mass is 32.2. The van der Waals surface area contributed by atoms with Gasteiger partial charge in [0.25, 0.3) is 0 Å². The summed E-state index contributed by atoms with van der Waals surface area (Å²) in [4.78, 5) is 15.8. The van der Waals surface area contributed by atoms with E-state index in [1.165, 1.54) is 4.31 Å². The molecule has 2 heterocycles. The Labute approximate surface area is 184 Å². The van der Waals surface area contributed by atoms with Crippen LogP contribution in [0.2, 0.25) is 0 Å². The highest BCUT2D eigenvalue weighted by molar-refractivity contribution is 7.89. The van der Waals surface area contributed by atoms with Gasteiger partial charge < -0.3 is 9.42 Å². The van der Waals surface area contributed by atoms with Crippen molar-refractivity contribution in [2.75, 3.05) is 26.2 Å². The Morgan fingerprint density at radius 3 is 2.29 bits per heavy atom. The molecule has 2 aromatic rings. The first-order valence-corrected chi connectivity index (χ1v) is 12.5. The fourth-order valence-corrected chi connectivity index (χ4v) is 6.84. The van der Waals surface area contributed by atoms with E-state index in [1.807, 2.05) is 11.0 Å². The van der Waals surface area contributed by atoms with E-state index in [4.69, 9.17) is 4.52 Å². The minimum absolute atomic E-state index is 0.146. The third kappa shape index (κ3) is 3.91. The van der Waals surface area contributed by atoms with E-state index in [1.54, 1.807) is 13.8 Å². The number of benzene rings is 1. The van der Waals surface area contributed by atoms with Crippen LogP contribution in [-0.2, 0) is 20.2 Å². The largest absolute Gasteiger partial charge is 0.360 e. The van der Waals surface area contributed by atoms with Crippen molar-refractivity contribution in [2.45, 2.75) is 63.2 Å². The van der Waals surface area contributed by atoms with Crippen molar-refractivity contribution in [3.8, 4) is 0 Å². The van der Waals surface area contributed by atoms with Gasteiger partial charge in [-0.25, -0.2) is 8.42 Å². The normalized spacial score (nSPS) is 20.0. The number of hydrogen-bond donors (Lipinski definition) is 0. The molecule has 0 bridgehead atoms. The van der Waals surface area contributed by atoms with Gasteiger partial charge in [-0.2, -0.15) is 4.31 Å². The molecule has 7 nitrogen and oxygen atoms in total. The van der Waals surface area contributed by atoms with Crippen molar-refractivity contribution in [2.24, 2.45) is 0 Å². The van der Waals surface area contributed by atoms with Crippen LogP contribution in [0.25, 0.3) is 0 Å². The van der Waals surface area contributed by atoms with Gasteiger partial charge in [0, 0.05) is 26.2 Å². The summed E-state index contributed by atoms with van der Waals surface area (Å²) in [6.45, 7) is 6.66. The molecule has 0 radical (unpaired) electrons. The summed E-state index contributed by atoms with van der Waals surface area (Å²) >= 11 is 0. The molecule has 1 aliphatic carbocycles. The maximum Gasteiger partial charge on any atom is 0.248 e. The molecule has 8 heteroatoms. The lowest BCUT2D eigenvalue weighted by atomic mass is 9.68. The van der Waals surface area contributed by atoms with Gasteiger partial charge in [0.1, 0.15) is 10.6 Å². The Morgan fingerprint density at radius 1 is 1.03 bits per heavy atom. The lowest BCUT2D eigenvalue weighted by Gasteiger charge is -2.43. The van der Waals surface area contributed by atoms with Crippen LogP contribution >= 0.6 is 0 Å². The van der Waals surface area contributed by atoms with E-state index in [-0.39, 0.29) is 23.9 Å². The molecule has 1 aromatic carbocycles. The molecule has 0 spiro atoms. The first kappa shape index (κ1) is 22.0. The molecule has 0 unspecified atom stereocenters. The summed E-state index contributed by atoms with van der Waals surface area (Å²) in [5.41, 5.74) is 2.14. The summed E-state index contributed by atoms with van der Waals surface area (Å²) in [5.74, 6) is 0.448. The van der Waals surface area contributed by atoms with Crippen LogP contribution in [0.3, 0.4) is 0 Å². The Hall–Kier alpha value is -2.19. The summed E-state index contributed by atoms with van der Waals surface area (Å²) in [6, 6.07) is 8.31. The SMILES string of the molecule is Cc1cccc(C2(C(=O)N3CCN(S(=O)(=O)c4c(C)noc4C)CC3)CCCCC2)c1. The van der Waals surface area contributed by atoms with Gasteiger partial charge >= 0.3 is 0 Å². The minimum Gasteiger partial charge on any atom is -0.360 e. The molecule has 31 heavy (non-hydrogen) atoms. The highest BCUT2D eigenvalue weighted by Crippen LogP contribution is 2.41. The van der Waals surface area contributed by atoms with Gasteiger partial charge in [0.15, 0.2) is 5.76 Å². The predicted octanol–water partition coefficient (Wildman–Crippen LogP) is 3.33. The Kier molecular flexibility index (Phi) is 5.96. The average molecular weight is 446 g/mol. The Morgan fingerprint density at radius 2 is 1.71 bits per heavy atom. The maximum absolute atomic E-state index is 13.8. The molecule has 1 aliphatic heterocycles. The first-order chi connectivity index (χ1) is 14.8. The van der Waals surface area contributed by atoms with Crippen molar-refractivity contribution >= 4 is 15.9 Å². The van der Waals surface area contributed by atoms with Crippen LogP contribution in [0.15, 0.2) is 33.7 Å². The number of nitrogens with zero attached hydrogens (tertiary/aromatic N) is 3. The number of carbonyl (C=O) groups excluding carboxylic acids is 1. The Balaban J connectivity index is 1.54. The van der Waals surface area contributed by atoms with Crippen LogP contribution in [0.5, 0.6) is 0 Å². The van der Waals surface area contributed by atoms with E-state index >= 15 is 0 Å². The highest BCUT2D eigenvalue weighted by Gasteiger charge is 2.45. The van der Waals surface area contributed by atoms with E-state index in [2.05, 4.69) is 30.3 Å². The molecule has 1 saturated carbocycles. The number of hydrogen-bond acceptors (Lipinski definition) is 5. The zero-order chi connectivity index (χ0) is 22.2. The molecule has 0 atom stereocenters. The zero-order valence-electron chi connectivity index (χ0n) is 18.6. The van der Waals surface area contributed by atoms with Gasteiger partial charge in [-0.05, 0) is 39.2 Å². The van der Waals surface area contributed by atoms with E-state index in [0.29, 0.717) is 24.5 Å². The minimum atomic E-state index is -3.69. The number of amides is 1. The van der Waals surface area contributed by atoms with Crippen molar-refractivity contribution in [3.63, 3.8) is 0 Å². The first-order valence-electron chi connectivity index (χ1n) is 11.1. The standard InChI is InChI=1S/C23H31N3O4S/c1-17-8-7-9-20(16-17)23(10-5-4-6-11-23)22(27)25-12-14-26(15-13-25)31(28,29)21-18(2)24-30-19(21)3/h7-9,16H,4-6,10-15H2,1-3H3. The fourth-order valence-electron chi connectivity index (χ4n) is 5.13. The summed E-state index contributed by atoms with van der Waals surface area (Å²) in [6.07, 6.45) is 4.95. The summed E-state index contributed by atoms with van der Waals surface area (Å²) in [7, 11) is -3.69. The number of aryl methyl sites for hydroxylation is 3. The number of sulfonamides is 1. The summed E-state index contributed by atoms with van der Waals surface area (Å²) in [5, 5.41) is 3.79. The lowest BCUT2D eigenvalue weighted by Crippen LogP contribution is -2.56. The number of aromatic nitrogens is 1. The fraction of sp³-hybridized carbons (Fsp3) is 0.565. The maximum atomic E-state index is 13.8. The van der Waals surface area contributed by atoms with Crippen molar-refractivity contribution in [1.82, 2.24) is 14.4 Å². The molecule has 2 fully saturated rings. The van der Waals surface area contributed by atoms with Gasteiger partial charge in [-0.15, -0.1) is 0 Å². The van der Waals surface area contributed by atoms with Crippen LogP contribution in [0, 0.1) is 20.8 Å². The third-order valence-electron chi connectivity index (χ3n) is 6.78. The number of rotatable bonds is 4. The van der Waals surface area contributed by atoms with Crippen molar-refractivity contribution in [1.29, 1.82) is 0 Å². The molecule has 1 saturated heterocycles. The smallest absolute Gasteiger partial charge is 0.248 e. The average Bonchev–Trinajstić information content (AvgIpc) is 3.12. The van der Waals surface area contributed by atoms with Crippen LogP contribution in [0.4, 0.5) is 0 Å². The summed E-state index contributed by atoms with van der Waals surface area (Å²) < 4.78 is 32.7. The Bertz CT molecular complexity index is 1040. The second-order valence-electron chi connectivity index (χ2n) is 8.86. The van der Waals surface area contributed by atoms with Gasteiger partial charge in [0.05, 0.1) is 5.41 Å². The van der Waals surface area contributed by atoms with Crippen LogP contribution in [0.1, 0.15) is 54.7 Å². The van der Waals surface area contributed by atoms with Crippen molar-refractivity contribution < 1.29 is 17.7 Å². The van der Waals surface area contributed by atoms with E-state index < -0.39 is 15.4 Å². The van der Waals surface area contributed by atoms with Crippen LogP contribution < -0.4 is 0 Å². The third-order valence-corrected chi connectivity index (χ3v) is 8.92. The topological polar surface area (TPSA) is 83.7 Å². The molecule has 1 amide bonds. The monoisotopic (exact) mass is 445 g/mol.